The fraction of sp³-hybridized carbons (Fsp3) is 0.250. The summed E-state index contributed by atoms with van der Waals surface area (Å²) in [5.41, 5.74) is 0.313. The van der Waals surface area contributed by atoms with Gasteiger partial charge in [0, 0.05) is 18.7 Å². The molecule has 0 bridgehead atoms. The van der Waals surface area contributed by atoms with Crippen LogP contribution < -0.4 is 15.0 Å². The molecule has 0 saturated carbocycles. The first-order valence-corrected chi connectivity index (χ1v) is 5.28. The number of benzene rings is 1. The summed E-state index contributed by atoms with van der Waals surface area (Å²) < 4.78 is 11.5. The molecule has 0 spiro atoms. The number of aromatic nitrogens is 2. The number of hydrogen-bond donors (Lipinski definition) is 2. The Morgan fingerprint density at radius 1 is 1.28 bits per heavy atom. The number of rotatable bonds is 3. The number of ether oxygens (including phenoxy) is 2. The van der Waals surface area contributed by atoms with Crippen molar-refractivity contribution in [2.75, 3.05) is 14.2 Å². The summed E-state index contributed by atoms with van der Waals surface area (Å²) in [4.78, 5) is 11.8. The Balaban J connectivity index is 2.67. The molecular weight excluding hydrogens is 236 g/mol. The smallest absolute Gasteiger partial charge is 0.276 e. The van der Waals surface area contributed by atoms with Gasteiger partial charge in [-0.1, -0.05) is 0 Å². The minimum atomic E-state index is -0.376. The zero-order valence-electron chi connectivity index (χ0n) is 10.4. The molecule has 0 aliphatic rings. The number of aromatic hydroxyl groups is 1. The van der Waals surface area contributed by atoms with Gasteiger partial charge in [-0.3, -0.25) is 14.6 Å². The number of nitrogens with zero attached hydrogens (tertiary/aromatic N) is 1. The monoisotopic (exact) mass is 250 g/mol. The molecule has 0 amide bonds. The third-order valence-corrected chi connectivity index (χ3v) is 2.72. The molecule has 0 aliphatic carbocycles. The van der Waals surface area contributed by atoms with E-state index in [1.807, 2.05) is 0 Å². The van der Waals surface area contributed by atoms with Gasteiger partial charge in [0.2, 0.25) is 5.88 Å². The molecule has 1 heterocycles. The third kappa shape index (κ3) is 1.81. The summed E-state index contributed by atoms with van der Waals surface area (Å²) >= 11 is 0. The highest BCUT2D eigenvalue weighted by atomic mass is 16.5. The maximum absolute atomic E-state index is 11.8. The van der Waals surface area contributed by atoms with Crippen molar-refractivity contribution in [2.45, 2.75) is 0 Å². The van der Waals surface area contributed by atoms with E-state index in [4.69, 9.17) is 9.47 Å². The number of H-pyrrole nitrogens is 1. The predicted octanol–water partition coefficient (Wildman–Crippen LogP) is 1.10. The number of nitrogens with one attached hydrogen (secondary N) is 1. The lowest BCUT2D eigenvalue weighted by molar-refractivity contribution is 0.394. The molecule has 6 nitrogen and oxygen atoms in total. The van der Waals surface area contributed by atoms with Gasteiger partial charge in [0.1, 0.15) is 17.1 Å². The molecule has 0 fully saturated rings. The fourth-order valence-corrected chi connectivity index (χ4v) is 1.78. The Kier molecular flexibility index (Phi) is 3.01. The average molecular weight is 250 g/mol. The molecule has 2 aromatic rings. The summed E-state index contributed by atoms with van der Waals surface area (Å²) in [5.74, 6) is 0.937. The standard InChI is InChI=1S/C12H14N2O4/c1-14-12(16)10(11(15)13-14)8-5-4-7(17-2)6-9(8)18-3/h4-6,16H,1-3H3,(H,13,15). The predicted molar refractivity (Wildman–Crippen MR) is 66.2 cm³/mol. The van der Waals surface area contributed by atoms with E-state index in [1.54, 1.807) is 32.4 Å². The lowest BCUT2D eigenvalue weighted by Gasteiger charge is -2.09. The van der Waals surface area contributed by atoms with Crippen molar-refractivity contribution in [1.82, 2.24) is 9.78 Å². The van der Waals surface area contributed by atoms with E-state index in [2.05, 4.69) is 5.10 Å². The topological polar surface area (TPSA) is 76.5 Å². The molecule has 96 valence electrons. The molecule has 2 rings (SSSR count). The van der Waals surface area contributed by atoms with Crippen molar-refractivity contribution in [3.63, 3.8) is 0 Å². The lowest BCUT2D eigenvalue weighted by Crippen LogP contribution is -2.04. The first-order chi connectivity index (χ1) is 8.58. The van der Waals surface area contributed by atoms with Crippen LogP contribution in [0.3, 0.4) is 0 Å². The SMILES string of the molecule is COc1ccc(-c2c(O)n(C)[nH]c2=O)c(OC)c1. The van der Waals surface area contributed by atoms with Gasteiger partial charge in [0.25, 0.3) is 5.56 Å². The number of aryl methyl sites for hydroxylation is 1. The number of methoxy groups -OCH3 is 2. The van der Waals surface area contributed by atoms with Gasteiger partial charge in [-0.2, -0.15) is 0 Å². The van der Waals surface area contributed by atoms with E-state index >= 15 is 0 Å². The highest BCUT2D eigenvalue weighted by Gasteiger charge is 2.18. The first-order valence-electron chi connectivity index (χ1n) is 5.28. The maximum atomic E-state index is 11.8. The summed E-state index contributed by atoms with van der Waals surface area (Å²) in [7, 11) is 4.59. The zero-order valence-corrected chi connectivity index (χ0v) is 10.4. The van der Waals surface area contributed by atoms with Crippen LogP contribution in [0.4, 0.5) is 0 Å². The van der Waals surface area contributed by atoms with Crippen LogP contribution in [0.25, 0.3) is 11.1 Å². The summed E-state index contributed by atoms with van der Waals surface area (Å²) in [6, 6.07) is 5.02. The Bertz CT molecular complexity index is 627. The van der Waals surface area contributed by atoms with Crippen LogP contribution in [-0.4, -0.2) is 29.1 Å². The molecule has 0 saturated heterocycles. The number of aromatic amines is 1. The van der Waals surface area contributed by atoms with Crippen molar-refractivity contribution in [3.05, 3.63) is 28.6 Å². The molecule has 1 aromatic heterocycles. The van der Waals surface area contributed by atoms with E-state index in [1.165, 1.54) is 11.8 Å². The largest absolute Gasteiger partial charge is 0.497 e. The van der Waals surface area contributed by atoms with E-state index in [0.29, 0.717) is 17.1 Å². The van der Waals surface area contributed by atoms with Crippen LogP contribution >= 0.6 is 0 Å². The van der Waals surface area contributed by atoms with E-state index in [-0.39, 0.29) is 17.0 Å². The van der Waals surface area contributed by atoms with Gasteiger partial charge in [0.05, 0.1) is 14.2 Å². The van der Waals surface area contributed by atoms with Crippen LogP contribution in [0.15, 0.2) is 23.0 Å². The quantitative estimate of drug-likeness (QED) is 0.855. The highest BCUT2D eigenvalue weighted by molar-refractivity contribution is 5.74. The minimum Gasteiger partial charge on any atom is -0.497 e. The van der Waals surface area contributed by atoms with Crippen LogP contribution in [0, 0.1) is 0 Å². The van der Waals surface area contributed by atoms with E-state index < -0.39 is 0 Å². The second-order valence-corrected chi connectivity index (χ2v) is 3.76. The zero-order chi connectivity index (χ0) is 13.3. The van der Waals surface area contributed by atoms with Gasteiger partial charge >= 0.3 is 0 Å². The maximum Gasteiger partial charge on any atom is 0.276 e. The van der Waals surface area contributed by atoms with Gasteiger partial charge in [-0.25, -0.2) is 0 Å². The molecule has 0 aliphatic heterocycles. The van der Waals surface area contributed by atoms with Gasteiger partial charge in [0.15, 0.2) is 0 Å². The van der Waals surface area contributed by atoms with Crippen molar-refractivity contribution >= 4 is 0 Å². The Morgan fingerprint density at radius 3 is 2.50 bits per heavy atom. The Labute approximate surface area is 103 Å². The third-order valence-electron chi connectivity index (χ3n) is 2.72. The Hall–Kier alpha value is -2.37. The molecular formula is C12H14N2O4. The van der Waals surface area contributed by atoms with Crippen LogP contribution in [0.2, 0.25) is 0 Å². The van der Waals surface area contributed by atoms with Gasteiger partial charge in [-0.05, 0) is 12.1 Å². The Morgan fingerprint density at radius 2 is 2.00 bits per heavy atom. The van der Waals surface area contributed by atoms with Crippen molar-refractivity contribution in [1.29, 1.82) is 0 Å². The molecule has 2 N–H and O–H groups in total. The van der Waals surface area contributed by atoms with Crippen LogP contribution in [0.1, 0.15) is 0 Å². The summed E-state index contributed by atoms with van der Waals surface area (Å²) in [6.07, 6.45) is 0. The van der Waals surface area contributed by atoms with Crippen molar-refractivity contribution < 1.29 is 14.6 Å². The van der Waals surface area contributed by atoms with E-state index in [0.717, 1.165) is 0 Å². The van der Waals surface area contributed by atoms with Crippen molar-refractivity contribution in [3.8, 4) is 28.5 Å². The van der Waals surface area contributed by atoms with Gasteiger partial charge < -0.3 is 14.6 Å². The van der Waals surface area contributed by atoms with E-state index in [9.17, 15) is 9.90 Å². The molecule has 1 aromatic carbocycles. The number of hydrogen-bond acceptors (Lipinski definition) is 4. The molecule has 18 heavy (non-hydrogen) atoms. The second-order valence-electron chi connectivity index (χ2n) is 3.76. The molecule has 0 radical (unpaired) electrons. The average Bonchev–Trinajstić information content (AvgIpc) is 2.62. The lowest BCUT2D eigenvalue weighted by atomic mass is 10.1. The summed E-state index contributed by atoms with van der Waals surface area (Å²) in [6.45, 7) is 0. The molecule has 0 unspecified atom stereocenters. The fourth-order valence-electron chi connectivity index (χ4n) is 1.78. The van der Waals surface area contributed by atoms with Gasteiger partial charge in [-0.15, -0.1) is 0 Å². The first kappa shape index (κ1) is 12.1. The molecule has 0 atom stereocenters. The van der Waals surface area contributed by atoms with Crippen molar-refractivity contribution in [2.24, 2.45) is 7.05 Å². The summed E-state index contributed by atoms with van der Waals surface area (Å²) in [5, 5.41) is 12.3. The normalized spacial score (nSPS) is 10.4. The van der Waals surface area contributed by atoms with Crippen LogP contribution in [-0.2, 0) is 7.05 Å². The highest BCUT2D eigenvalue weighted by Crippen LogP contribution is 2.35. The van der Waals surface area contributed by atoms with Crippen LogP contribution in [0.5, 0.6) is 17.4 Å². The molecule has 6 heteroatoms. The minimum absolute atomic E-state index is 0.136. The second kappa shape index (κ2) is 4.48.